The Morgan fingerprint density at radius 2 is 1.39 bits per heavy atom. The molecule has 36 heavy (non-hydrogen) atoms. The summed E-state index contributed by atoms with van der Waals surface area (Å²) in [7, 11) is 0. The number of carbonyl (C=O) groups is 1. The van der Waals surface area contributed by atoms with Crippen molar-refractivity contribution in [2.24, 2.45) is 0 Å². The Labute approximate surface area is 208 Å². The van der Waals surface area contributed by atoms with E-state index in [1.54, 1.807) is 12.1 Å². The highest BCUT2D eigenvalue weighted by Gasteiger charge is 2.19. The Bertz CT molecular complexity index is 1590. The van der Waals surface area contributed by atoms with E-state index in [4.69, 9.17) is 9.47 Å². The van der Waals surface area contributed by atoms with Gasteiger partial charge in [0, 0.05) is 36.0 Å². The van der Waals surface area contributed by atoms with Crippen LogP contribution in [0.4, 0.5) is 0 Å². The molecule has 1 aromatic heterocycles. The summed E-state index contributed by atoms with van der Waals surface area (Å²) < 4.78 is 13.4. The number of nitrogens with zero attached hydrogens (tertiary/aromatic N) is 2. The molecule has 0 atom stereocenters. The van der Waals surface area contributed by atoms with Gasteiger partial charge in [-0.15, -0.1) is 0 Å². The largest absolute Gasteiger partial charge is 0.425 e. The van der Waals surface area contributed by atoms with E-state index in [0.29, 0.717) is 47.3 Å². The molecule has 0 radical (unpaired) electrons. The lowest BCUT2D eigenvalue weighted by Gasteiger charge is -2.27. The van der Waals surface area contributed by atoms with E-state index in [1.165, 1.54) is 0 Å². The molecule has 0 saturated carbocycles. The maximum atomic E-state index is 13.4. The number of esters is 1. The van der Waals surface area contributed by atoms with Crippen molar-refractivity contribution in [2.45, 2.75) is 13.1 Å². The van der Waals surface area contributed by atoms with E-state index >= 15 is 0 Å². The maximum absolute atomic E-state index is 13.4. The van der Waals surface area contributed by atoms with Gasteiger partial charge in [0.05, 0.1) is 24.2 Å². The number of benzene rings is 4. The van der Waals surface area contributed by atoms with Gasteiger partial charge in [-0.05, 0) is 41.1 Å². The minimum atomic E-state index is -0.382. The number of hydrogen-bond acceptors (Lipinski definition) is 5. The average molecular weight is 479 g/mol. The van der Waals surface area contributed by atoms with Crippen LogP contribution in [-0.2, 0) is 22.6 Å². The second-order valence-electron chi connectivity index (χ2n) is 9.08. The SMILES string of the molecule is O=C(Cn1c2ccccc2c(=O)c2ccccc21)Oc1ccc2ccccc2c1CN1CCOCC1. The van der Waals surface area contributed by atoms with Crippen LogP contribution in [-0.4, -0.2) is 41.7 Å². The highest BCUT2D eigenvalue weighted by Crippen LogP contribution is 2.30. The van der Waals surface area contributed by atoms with Gasteiger partial charge >= 0.3 is 5.97 Å². The second-order valence-corrected chi connectivity index (χ2v) is 9.08. The van der Waals surface area contributed by atoms with Crippen LogP contribution >= 0.6 is 0 Å². The summed E-state index contributed by atoms with van der Waals surface area (Å²) in [4.78, 5) is 28.7. The summed E-state index contributed by atoms with van der Waals surface area (Å²) in [6, 6.07) is 26.8. The van der Waals surface area contributed by atoms with Gasteiger partial charge in [0.2, 0.25) is 0 Å². The van der Waals surface area contributed by atoms with E-state index in [1.807, 2.05) is 65.2 Å². The lowest BCUT2D eigenvalue weighted by Crippen LogP contribution is -2.35. The molecule has 0 aliphatic carbocycles. The van der Waals surface area contributed by atoms with Crippen molar-refractivity contribution >= 4 is 38.5 Å². The van der Waals surface area contributed by atoms with E-state index in [2.05, 4.69) is 17.0 Å². The van der Waals surface area contributed by atoms with Gasteiger partial charge in [0.15, 0.2) is 5.43 Å². The Kier molecular flexibility index (Phi) is 5.97. The quantitative estimate of drug-likeness (QED) is 0.207. The van der Waals surface area contributed by atoms with Crippen molar-refractivity contribution in [3.05, 3.63) is 101 Å². The number of ether oxygens (including phenoxy) is 2. The number of pyridine rings is 1. The highest BCUT2D eigenvalue weighted by atomic mass is 16.5. The third kappa shape index (κ3) is 4.15. The second kappa shape index (κ2) is 9.57. The molecule has 0 amide bonds. The van der Waals surface area contributed by atoms with Crippen LogP contribution < -0.4 is 10.2 Å². The Morgan fingerprint density at radius 3 is 2.08 bits per heavy atom. The topological polar surface area (TPSA) is 60.8 Å². The molecule has 6 nitrogen and oxygen atoms in total. The van der Waals surface area contributed by atoms with Crippen molar-refractivity contribution in [1.29, 1.82) is 0 Å². The molecule has 1 saturated heterocycles. The minimum Gasteiger partial charge on any atom is -0.425 e. The standard InChI is InChI=1S/C30H26N2O4/c33-29(20-32-26-11-5-3-9-23(26)30(34)24-10-4-6-12-27(24)32)36-28-14-13-21-7-1-2-8-22(21)25(28)19-31-15-17-35-18-16-31/h1-14H,15-20H2. The van der Waals surface area contributed by atoms with Crippen LogP contribution in [0, 0.1) is 0 Å². The molecule has 0 spiro atoms. The van der Waals surface area contributed by atoms with Gasteiger partial charge in [0.25, 0.3) is 0 Å². The molecule has 5 aromatic rings. The van der Waals surface area contributed by atoms with Crippen LogP contribution in [0.5, 0.6) is 5.75 Å². The lowest BCUT2D eigenvalue weighted by atomic mass is 10.0. The fourth-order valence-electron chi connectivity index (χ4n) is 5.09. The van der Waals surface area contributed by atoms with Gasteiger partial charge in [-0.25, -0.2) is 4.79 Å². The van der Waals surface area contributed by atoms with Crippen LogP contribution in [0.2, 0.25) is 0 Å². The van der Waals surface area contributed by atoms with Crippen LogP contribution in [0.1, 0.15) is 5.56 Å². The molecule has 6 rings (SSSR count). The molecule has 0 bridgehead atoms. The van der Waals surface area contributed by atoms with Crippen molar-refractivity contribution < 1.29 is 14.3 Å². The zero-order valence-corrected chi connectivity index (χ0v) is 19.9. The average Bonchev–Trinajstić information content (AvgIpc) is 2.93. The number of hydrogen-bond donors (Lipinski definition) is 0. The summed E-state index contributed by atoms with van der Waals surface area (Å²) in [5.41, 5.74) is 2.39. The molecule has 2 heterocycles. The maximum Gasteiger partial charge on any atom is 0.331 e. The molecule has 1 aliphatic heterocycles. The van der Waals surface area contributed by atoms with Crippen molar-refractivity contribution in [2.75, 3.05) is 26.3 Å². The summed E-state index contributed by atoms with van der Waals surface area (Å²) in [5, 5.41) is 3.36. The highest BCUT2D eigenvalue weighted by molar-refractivity contribution is 5.95. The summed E-state index contributed by atoms with van der Waals surface area (Å²) in [6.07, 6.45) is 0. The number of carbonyl (C=O) groups excluding carboxylic acids is 1. The predicted octanol–water partition coefficient (Wildman–Crippen LogP) is 4.75. The Morgan fingerprint density at radius 1 is 0.778 bits per heavy atom. The van der Waals surface area contributed by atoms with E-state index in [-0.39, 0.29) is 17.9 Å². The van der Waals surface area contributed by atoms with E-state index < -0.39 is 0 Å². The molecule has 0 N–H and O–H groups in total. The smallest absolute Gasteiger partial charge is 0.331 e. The number of rotatable bonds is 5. The first-order chi connectivity index (χ1) is 17.7. The predicted molar refractivity (Wildman–Crippen MR) is 141 cm³/mol. The van der Waals surface area contributed by atoms with Gasteiger partial charge in [-0.3, -0.25) is 9.69 Å². The minimum absolute atomic E-state index is 0.00880. The number of morpholine rings is 1. The third-order valence-electron chi connectivity index (χ3n) is 6.87. The van der Waals surface area contributed by atoms with Crippen LogP contribution in [0.3, 0.4) is 0 Å². The summed E-state index contributed by atoms with van der Waals surface area (Å²) >= 11 is 0. The lowest BCUT2D eigenvalue weighted by molar-refractivity contribution is -0.135. The molecular formula is C30H26N2O4. The van der Waals surface area contributed by atoms with Crippen molar-refractivity contribution in [1.82, 2.24) is 9.47 Å². The van der Waals surface area contributed by atoms with Gasteiger partial charge < -0.3 is 14.0 Å². The van der Waals surface area contributed by atoms with Crippen molar-refractivity contribution in [3.8, 4) is 5.75 Å². The van der Waals surface area contributed by atoms with Crippen LogP contribution in [0.15, 0.2) is 89.7 Å². The normalized spacial score (nSPS) is 14.4. The van der Waals surface area contributed by atoms with Gasteiger partial charge in [0.1, 0.15) is 12.3 Å². The fraction of sp³-hybridized carbons (Fsp3) is 0.200. The molecule has 4 aromatic carbocycles. The zero-order valence-electron chi connectivity index (χ0n) is 19.9. The number of fused-ring (bicyclic) bond motifs is 3. The molecule has 0 unspecified atom stereocenters. The molecule has 1 aliphatic rings. The van der Waals surface area contributed by atoms with Gasteiger partial charge in [-0.1, -0.05) is 54.6 Å². The number of para-hydroxylation sites is 2. The first-order valence-electron chi connectivity index (χ1n) is 12.2. The van der Waals surface area contributed by atoms with E-state index in [0.717, 1.165) is 29.4 Å². The fourth-order valence-corrected chi connectivity index (χ4v) is 5.09. The van der Waals surface area contributed by atoms with Crippen LogP contribution in [0.25, 0.3) is 32.6 Å². The third-order valence-corrected chi connectivity index (χ3v) is 6.87. The molecular weight excluding hydrogens is 452 g/mol. The molecule has 1 fully saturated rings. The monoisotopic (exact) mass is 478 g/mol. The summed E-state index contributed by atoms with van der Waals surface area (Å²) in [6.45, 7) is 3.75. The number of aromatic nitrogens is 1. The Hall–Kier alpha value is -4.00. The van der Waals surface area contributed by atoms with Gasteiger partial charge in [-0.2, -0.15) is 0 Å². The molecule has 180 valence electrons. The van der Waals surface area contributed by atoms with Crippen molar-refractivity contribution in [3.63, 3.8) is 0 Å². The Balaban J connectivity index is 1.38. The zero-order chi connectivity index (χ0) is 24.5. The first kappa shape index (κ1) is 22.5. The first-order valence-corrected chi connectivity index (χ1v) is 12.2. The molecule has 6 heteroatoms. The van der Waals surface area contributed by atoms with E-state index in [9.17, 15) is 9.59 Å². The summed E-state index contributed by atoms with van der Waals surface area (Å²) in [5.74, 6) is 0.187.